The molecule has 0 spiro atoms. The van der Waals surface area contributed by atoms with Crippen LogP contribution in [0.2, 0.25) is 0 Å². The van der Waals surface area contributed by atoms with Gasteiger partial charge in [0.05, 0.1) is 6.10 Å². The molecule has 0 amide bonds. The van der Waals surface area contributed by atoms with Crippen LogP contribution >= 0.6 is 0 Å². The highest BCUT2D eigenvalue weighted by molar-refractivity contribution is 5.30. The zero-order chi connectivity index (χ0) is 12.6. The van der Waals surface area contributed by atoms with E-state index in [1.807, 2.05) is 0 Å². The summed E-state index contributed by atoms with van der Waals surface area (Å²) in [5.74, 6) is 1.23. The lowest BCUT2D eigenvalue weighted by atomic mass is 9.58. The van der Waals surface area contributed by atoms with Crippen LogP contribution in [0.3, 0.4) is 0 Å². The Labute approximate surface area is 105 Å². The maximum Gasteiger partial charge on any atom is 0.0603 e. The quantitative estimate of drug-likeness (QED) is 0.841. The molecule has 94 valence electrons. The molecule has 0 heterocycles. The van der Waals surface area contributed by atoms with Crippen LogP contribution in [0.5, 0.6) is 0 Å². The first kappa shape index (κ1) is 12.6. The first-order valence-electron chi connectivity index (χ1n) is 6.68. The minimum Gasteiger partial charge on any atom is -0.393 e. The van der Waals surface area contributed by atoms with Crippen molar-refractivity contribution in [1.82, 2.24) is 0 Å². The minimum atomic E-state index is -0.136. The van der Waals surface area contributed by atoms with Crippen LogP contribution in [0, 0.1) is 11.3 Å². The second-order valence-corrected chi connectivity index (χ2v) is 6.47. The van der Waals surface area contributed by atoms with Crippen LogP contribution in [-0.2, 0) is 6.42 Å². The van der Waals surface area contributed by atoms with Gasteiger partial charge in [0.15, 0.2) is 0 Å². The summed E-state index contributed by atoms with van der Waals surface area (Å²) in [5.41, 5.74) is 2.84. The largest absolute Gasteiger partial charge is 0.393 e. The minimum absolute atomic E-state index is 0.0412. The second-order valence-electron chi connectivity index (χ2n) is 6.47. The molecule has 1 nitrogen and oxygen atoms in total. The first-order valence-corrected chi connectivity index (χ1v) is 6.68. The number of rotatable bonds is 3. The topological polar surface area (TPSA) is 20.2 Å². The molecule has 0 aromatic heterocycles. The third-order valence-corrected chi connectivity index (χ3v) is 4.24. The molecule has 2 atom stereocenters. The SMILES string of the molecule is CC(C)Cc1ccc(C2CC(O)C2(C)C)cc1. The summed E-state index contributed by atoms with van der Waals surface area (Å²) in [5, 5.41) is 9.78. The molecule has 1 N–H and O–H groups in total. The molecule has 1 aromatic rings. The lowest BCUT2D eigenvalue weighted by Crippen LogP contribution is -2.47. The number of hydrogen-bond acceptors (Lipinski definition) is 1. The van der Waals surface area contributed by atoms with Crippen molar-refractivity contribution < 1.29 is 5.11 Å². The van der Waals surface area contributed by atoms with Gasteiger partial charge in [-0.15, -0.1) is 0 Å². The first-order chi connectivity index (χ1) is 7.91. The van der Waals surface area contributed by atoms with Gasteiger partial charge in [-0.25, -0.2) is 0 Å². The van der Waals surface area contributed by atoms with E-state index >= 15 is 0 Å². The van der Waals surface area contributed by atoms with Crippen LogP contribution in [-0.4, -0.2) is 11.2 Å². The highest BCUT2D eigenvalue weighted by atomic mass is 16.3. The molecule has 0 radical (unpaired) electrons. The molecule has 0 bridgehead atoms. The molecule has 1 fully saturated rings. The highest BCUT2D eigenvalue weighted by Crippen LogP contribution is 2.52. The molecule has 0 aliphatic heterocycles. The molecule has 1 aliphatic rings. The molecular weight excluding hydrogens is 208 g/mol. The Bertz CT molecular complexity index is 375. The lowest BCUT2D eigenvalue weighted by Gasteiger charge is -2.49. The molecular formula is C16H24O. The summed E-state index contributed by atoms with van der Waals surface area (Å²) in [6, 6.07) is 8.98. The van der Waals surface area contributed by atoms with Crippen molar-refractivity contribution in [3.8, 4) is 0 Å². The van der Waals surface area contributed by atoms with Crippen molar-refractivity contribution in [2.45, 2.75) is 52.6 Å². The van der Waals surface area contributed by atoms with Gasteiger partial charge >= 0.3 is 0 Å². The molecule has 2 unspecified atom stereocenters. The van der Waals surface area contributed by atoms with E-state index in [1.165, 1.54) is 11.1 Å². The van der Waals surface area contributed by atoms with E-state index in [0.717, 1.165) is 12.8 Å². The van der Waals surface area contributed by atoms with E-state index in [4.69, 9.17) is 0 Å². The van der Waals surface area contributed by atoms with Crippen LogP contribution < -0.4 is 0 Å². The molecule has 1 aromatic carbocycles. The summed E-state index contributed by atoms with van der Waals surface area (Å²) in [7, 11) is 0. The van der Waals surface area contributed by atoms with Crippen LogP contribution in [0.25, 0.3) is 0 Å². The average molecular weight is 232 g/mol. The average Bonchev–Trinajstić information content (AvgIpc) is 2.26. The number of hydrogen-bond donors (Lipinski definition) is 1. The Morgan fingerprint density at radius 1 is 1.24 bits per heavy atom. The Morgan fingerprint density at radius 3 is 2.24 bits per heavy atom. The van der Waals surface area contributed by atoms with Crippen molar-refractivity contribution in [2.75, 3.05) is 0 Å². The number of aliphatic hydroxyl groups is 1. The molecule has 17 heavy (non-hydrogen) atoms. The van der Waals surface area contributed by atoms with Gasteiger partial charge in [-0.1, -0.05) is 52.0 Å². The van der Waals surface area contributed by atoms with E-state index in [0.29, 0.717) is 11.8 Å². The summed E-state index contributed by atoms with van der Waals surface area (Å²) in [6.07, 6.45) is 1.93. The molecule has 1 aliphatic carbocycles. The van der Waals surface area contributed by atoms with Crippen molar-refractivity contribution in [3.63, 3.8) is 0 Å². The van der Waals surface area contributed by atoms with E-state index in [-0.39, 0.29) is 11.5 Å². The lowest BCUT2D eigenvalue weighted by molar-refractivity contribution is -0.0625. The third-order valence-electron chi connectivity index (χ3n) is 4.24. The zero-order valence-corrected chi connectivity index (χ0v) is 11.4. The Hall–Kier alpha value is -0.820. The van der Waals surface area contributed by atoms with Gasteiger partial charge < -0.3 is 5.11 Å². The van der Waals surface area contributed by atoms with Crippen molar-refractivity contribution in [2.24, 2.45) is 11.3 Å². The molecule has 0 saturated heterocycles. The molecule has 1 saturated carbocycles. The van der Waals surface area contributed by atoms with E-state index in [1.54, 1.807) is 0 Å². The summed E-state index contributed by atoms with van der Waals surface area (Å²) in [6.45, 7) is 8.82. The zero-order valence-electron chi connectivity index (χ0n) is 11.4. The smallest absolute Gasteiger partial charge is 0.0603 e. The third kappa shape index (κ3) is 2.40. The standard InChI is InChI=1S/C16H24O/c1-11(2)9-12-5-7-13(8-6-12)14-10-15(17)16(14,3)4/h5-8,11,14-15,17H,9-10H2,1-4H3. The van der Waals surface area contributed by atoms with Crippen molar-refractivity contribution in [3.05, 3.63) is 35.4 Å². The monoisotopic (exact) mass is 232 g/mol. The van der Waals surface area contributed by atoms with Gasteiger partial charge in [0.2, 0.25) is 0 Å². The number of aliphatic hydroxyl groups excluding tert-OH is 1. The fourth-order valence-electron chi connectivity index (χ4n) is 2.83. The second kappa shape index (κ2) is 4.45. The Morgan fingerprint density at radius 2 is 1.82 bits per heavy atom. The van der Waals surface area contributed by atoms with E-state index in [2.05, 4.69) is 52.0 Å². The summed E-state index contributed by atoms with van der Waals surface area (Å²) >= 11 is 0. The van der Waals surface area contributed by atoms with E-state index < -0.39 is 0 Å². The van der Waals surface area contributed by atoms with Crippen molar-refractivity contribution in [1.29, 1.82) is 0 Å². The molecule has 2 rings (SSSR count). The van der Waals surface area contributed by atoms with Crippen LogP contribution in [0.15, 0.2) is 24.3 Å². The normalized spacial score (nSPS) is 26.9. The summed E-state index contributed by atoms with van der Waals surface area (Å²) < 4.78 is 0. The predicted octanol–water partition coefficient (Wildman–Crippen LogP) is 3.76. The maximum atomic E-state index is 9.78. The maximum absolute atomic E-state index is 9.78. The van der Waals surface area contributed by atoms with Crippen molar-refractivity contribution >= 4 is 0 Å². The van der Waals surface area contributed by atoms with Crippen LogP contribution in [0.4, 0.5) is 0 Å². The van der Waals surface area contributed by atoms with Gasteiger partial charge in [0.1, 0.15) is 0 Å². The van der Waals surface area contributed by atoms with Gasteiger partial charge in [-0.2, -0.15) is 0 Å². The highest BCUT2D eigenvalue weighted by Gasteiger charge is 2.47. The van der Waals surface area contributed by atoms with Gasteiger partial charge in [-0.3, -0.25) is 0 Å². The molecule has 1 heteroatoms. The fraction of sp³-hybridized carbons (Fsp3) is 0.625. The summed E-state index contributed by atoms with van der Waals surface area (Å²) in [4.78, 5) is 0. The number of benzene rings is 1. The Kier molecular flexibility index (Phi) is 3.31. The van der Waals surface area contributed by atoms with Gasteiger partial charge in [0.25, 0.3) is 0 Å². The fourth-order valence-corrected chi connectivity index (χ4v) is 2.83. The van der Waals surface area contributed by atoms with E-state index in [9.17, 15) is 5.11 Å². The van der Waals surface area contributed by atoms with Gasteiger partial charge in [-0.05, 0) is 41.2 Å². The van der Waals surface area contributed by atoms with Gasteiger partial charge in [0, 0.05) is 0 Å². The van der Waals surface area contributed by atoms with Crippen LogP contribution in [0.1, 0.15) is 51.2 Å². The Balaban J connectivity index is 2.09. The predicted molar refractivity (Wildman–Crippen MR) is 72.1 cm³/mol.